The molecule has 0 bridgehead atoms. The quantitative estimate of drug-likeness (QED) is 0.0282. The molecule has 0 aromatic heterocycles. The summed E-state index contributed by atoms with van der Waals surface area (Å²) in [4.78, 5) is 0. The molecule has 2 unspecified atom stereocenters. The summed E-state index contributed by atoms with van der Waals surface area (Å²) in [6, 6.07) is 51.3. The van der Waals surface area contributed by atoms with Gasteiger partial charge in [-0.1, -0.05) is 184 Å². The number of ether oxygens (including phenoxy) is 5. The van der Waals surface area contributed by atoms with Gasteiger partial charge in [0, 0.05) is 22.6 Å². The molecule has 15 atom stereocenters. The molecule has 16 nitrogen and oxygen atoms in total. The summed E-state index contributed by atoms with van der Waals surface area (Å²) in [5, 5.41) is 111. The van der Waals surface area contributed by atoms with Gasteiger partial charge in [0.1, 0.15) is 72.4 Å². The summed E-state index contributed by atoms with van der Waals surface area (Å²) < 4.78 is 164. The topological polar surface area (TPSA) is 269 Å². The van der Waals surface area contributed by atoms with Crippen molar-refractivity contribution in [2.24, 2.45) is 5.92 Å². The third-order valence-electron chi connectivity index (χ3n) is 18.3. The highest BCUT2D eigenvalue weighted by atomic mass is 19.3. The average molecular weight is 1420 g/mol. The van der Waals surface area contributed by atoms with Crippen molar-refractivity contribution in [1.82, 2.24) is 0 Å². The van der Waals surface area contributed by atoms with E-state index in [4.69, 9.17) is 28.8 Å². The molecule has 3 aliphatic rings. The molecule has 11 N–H and O–H groups in total. The van der Waals surface area contributed by atoms with Gasteiger partial charge in [-0.2, -0.15) is 26.3 Å². The van der Waals surface area contributed by atoms with Crippen LogP contribution >= 0.6 is 0 Å². The molecule has 0 aliphatic carbocycles. The zero-order valence-corrected chi connectivity index (χ0v) is 54.6. The smallest absolute Gasteiger partial charge is 0.328 e. The lowest BCUT2D eigenvalue weighted by Crippen LogP contribution is -2.70. The lowest BCUT2D eigenvalue weighted by atomic mass is 9.80. The lowest BCUT2D eigenvalue weighted by molar-refractivity contribution is -0.419. The van der Waals surface area contributed by atoms with Crippen LogP contribution in [0.5, 0.6) is 0 Å². The maximum Gasteiger partial charge on any atom is 0.328 e. The predicted octanol–water partition coefficient (Wildman–Crippen LogP) is 9.15. The highest BCUT2D eigenvalue weighted by Gasteiger charge is 2.71. The van der Waals surface area contributed by atoms with Gasteiger partial charge in [0.15, 0.2) is 0 Å². The van der Waals surface area contributed by atoms with Crippen molar-refractivity contribution in [3.05, 3.63) is 285 Å². The number of hydrogen-bond donors (Lipinski definition) is 11. The second-order valence-corrected chi connectivity index (χ2v) is 25.1. The third kappa shape index (κ3) is 16.6. The van der Waals surface area contributed by atoms with Crippen LogP contribution in [0.3, 0.4) is 0 Å². The Morgan fingerprint density at radius 2 is 0.772 bits per heavy atom. The first-order valence-electron chi connectivity index (χ1n) is 32.4. The Balaban J connectivity index is 0.000000182. The molecule has 25 heteroatoms. The standard InChI is InChI=1S/C36H37F3O4.2C20H21F3O6/c1-3-32-25(2)33(41-23-27-12-6-4-7-13-27)34(42-24-28-14-8-5-9-15-28)36(40,43-32)35(38,39)31-17-11-10-16-29(31)22-26-18-20-30(37)21-19-26;21-13-7-5-11(6-8-13)9-12-3-1-2-4-14(12)19(22,23)20(28)18(27)16(26)17(29-20)15(25)10-24;21-13-7-5-11(6-8-13)9-12-3-1-2-4-14(12)19(22,23)20(28)18(27)17(26)16(25)15(10-24)29-20/h4-21,25,32-34,40H,3,22-24H2,1-2H3;2*1-8,15-18,24-28H,9-10H2/t25-,32-,33+,34-,36-;15-,16-,17?,18+,20?;15-,16-,17+,18-,20-/m101/s1. The Bertz CT molecular complexity index is 3920. The van der Waals surface area contributed by atoms with Gasteiger partial charge >= 0.3 is 17.8 Å². The van der Waals surface area contributed by atoms with Crippen LogP contribution < -0.4 is 0 Å². The molecular formula is C76H79F9O16. The van der Waals surface area contributed by atoms with E-state index in [9.17, 15) is 64.2 Å². The Morgan fingerprint density at radius 1 is 0.426 bits per heavy atom. The fraction of sp³-hybridized carbons (Fsp3) is 0.368. The third-order valence-corrected chi connectivity index (χ3v) is 18.3. The van der Waals surface area contributed by atoms with Gasteiger partial charge in [0.25, 0.3) is 17.4 Å². The molecular weight excluding hydrogens is 1340 g/mol. The van der Waals surface area contributed by atoms with E-state index >= 15 is 26.3 Å². The molecule has 0 saturated carbocycles. The molecule has 101 heavy (non-hydrogen) atoms. The van der Waals surface area contributed by atoms with Crippen molar-refractivity contribution in [1.29, 1.82) is 0 Å². The molecule has 8 aromatic rings. The fourth-order valence-electron chi connectivity index (χ4n) is 12.6. The second kappa shape index (κ2) is 32.9. The molecule has 542 valence electrons. The van der Waals surface area contributed by atoms with Crippen LogP contribution in [0, 0.1) is 23.4 Å². The Labute approximate surface area is 576 Å². The maximum atomic E-state index is 17.0. The SMILES string of the molecule is CC[C@H]1O[C@@](O)(C(F)(F)c2ccccc2Cc2ccc(F)cc2)[C@H](OCc2ccccc2)[C@@H](OCc2ccccc2)[C@@H]1C.OC[C@H](O)C1OC(O)(C(F)(F)c2ccccc2Cc2ccc(F)cc2)[C@H](O)[C@H]1O.OC[C@H]1O[C@@](O)(C(F)(F)c2ccccc2Cc2ccc(F)cc2)[C@H](O)[C@@H](O)[C@@H]1O. The number of hydrogen-bond acceptors (Lipinski definition) is 16. The molecule has 0 spiro atoms. The van der Waals surface area contributed by atoms with E-state index < -0.39 is 144 Å². The summed E-state index contributed by atoms with van der Waals surface area (Å²) in [6.07, 6.45) is -19.2. The van der Waals surface area contributed by atoms with Crippen LogP contribution in [0.2, 0.25) is 0 Å². The first-order valence-corrected chi connectivity index (χ1v) is 32.4. The summed E-state index contributed by atoms with van der Waals surface area (Å²) in [5.74, 6) is -24.3. The number of halogens is 9. The molecule has 0 amide bonds. The van der Waals surface area contributed by atoms with Crippen molar-refractivity contribution in [3.8, 4) is 0 Å². The molecule has 0 radical (unpaired) electrons. The van der Waals surface area contributed by atoms with E-state index in [1.165, 1.54) is 109 Å². The lowest BCUT2D eigenvalue weighted by Gasteiger charge is -2.52. The minimum absolute atomic E-state index is 0.0243. The summed E-state index contributed by atoms with van der Waals surface area (Å²) in [5.41, 5.74) is 2.02. The van der Waals surface area contributed by atoms with Crippen molar-refractivity contribution >= 4 is 0 Å². The van der Waals surface area contributed by atoms with E-state index in [0.29, 0.717) is 23.1 Å². The van der Waals surface area contributed by atoms with Crippen LogP contribution in [0.1, 0.15) is 81.5 Å². The summed E-state index contributed by atoms with van der Waals surface area (Å²) in [6.45, 7) is 1.93. The van der Waals surface area contributed by atoms with E-state index in [1.807, 2.05) is 74.5 Å². The Hall–Kier alpha value is -7.51. The van der Waals surface area contributed by atoms with E-state index in [-0.39, 0.29) is 60.6 Å². The minimum Gasteiger partial charge on any atom is -0.394 e. The largest absolute Gasteiger partial charge is 0.394 e. The fourth-order valence-corrected chi connectivity index (χ4v) is 12.6. The second-order valence-electron chi connectivity index (χ2n) is 25.1. The van der Waals surface area contributed by atoms with Crippen molar-refractivity contribution < 1.29 is 119 Å². The van der Waals surface area contributed by atoms with Crippen LogP contribution in [-0.4, -0.2) is 154 Å². The number of aliphatic hydroxyl groups is 11. The van der Waals surface area contributed by atoms with Crippen LogP contribution in [0.4, 0.5) is 39.5 Å². The zero-order chi connectivity index (χ0) is 73.2. The number of rotatable bonds is 22. The molecule has 3 aliphatic heterocycles. The summed E-state index contributed by atoms with van der Waals surface area (Å²) >= 11 is 0. The van der Waals surface area contributed by atoms with Gasteiger partial charge in [0.2, 0.25) is 0 Å². The van der Waals surface area contributed by atoms with Gasteiger partial charge in [-0.15, -0.1) is 0 Å². The van der Waals surface area contributed by atoms with Gasteiger partial charge in [0.05, 0.1) is 38.6 Å². The first kappa shape index (κ1) is 77.6. The minimum atomic E-state index is -4.24. The molecule has 11 rings (SSSR count). The van der Waals surface area contributed by atoms with Gasteiger partial charge in [-0.3, -0.25) is 0 Å². The monoisotopic (exact) mass is 1420 g/mol. The maximum absolute atomic E-state index is 17.0. The average Bonchev–Trinajstić information content (AvgIpc) is 1.03. The van der Waals surface area contributed by atoms with Crippen molar-refractivity contribution in [3.63, 3.8) is 0 Å². The van der Waals surface area contributed by atoms with Crippen LogP contribution in [0.15, 0.2) is 206 Å². The van der Waals surface area contributed by atoms with Gasteiger partial charge in [-0.05, 0) is 107 Å². The number of alkyl halides is 6. The first-order chi connectivity index (χ1) is 48.0. The Morgan fingerprint density at radius 3 is 1.16 bits per heavy atom. The summed E-state index contributed by atoms with van der Waals surface area (Å²) in [7, 11) is 0. The normalized spacial score (nSPS) is 27.2. The van der Waals surface area contributed by atoms with Gasteiger partial charge < -0.3 is 79.9 Å². The van der Waals surface area contributed by atoms with Gasteiger partial charge in [-0.25, -0.2) is 13.2 Å². The van der Waals surface area contributed by atoms with Crippen LogP contribution in [0.25, 0.3) is 0 Å². The van der Waals surface area contributed by atoms with Crippen molar-refractivity contribution in [2.45, 2.75) is 155 Å². The van der Waals surface area contributed by atoms with E-state index in [1.54, 1.807) is 24.3 Å². The van der Waals surface area contributed by atoms with E-state index in [0.717, 1.165) is 23.3 Å². The molecule has 3 saturated heterocycles. The van der Waals surface area contributed by atoms with Crippen molar-refractivity contribution in [2.75, 3.05) is 13.2 Å². The number of benzene rings is 8. The molecule has 3 heterocycles. The zero-order valence-electron chi connectivity index (χ0n) is 54.6. The molecule has 3 fully saturated rings. The number of aliphatic hydroxyl groups excluding tert-OH is 8. The Kier molecular flexibility index (Phi) is 25.3. The molecule has 8 aromatic carbocycles. The van der Waals surface area contributed by atoms with Crippen LogP contribution in [-0.2, 0) is 73.9 Å². The highest BCUT2D eigenvalue weighted by molar-refractivity contribution is 5.41. The highest BCUT2D eigenvalue weighted by Crippen LogP contribution is 2.53. The van der Waals surface area contributed by atoms with E-state index in [2.05, 4.69) is 0 Å². The predicted molar refractivity (Wildman–Crippen MR) is 348 cm³/mol.